The second-order valence-electron chi connectivity index (χ2n) is 7.83. The van der Waals surface area contributed by atoms with Crippen LogP contribution < -0.4 is 0 Å². The van der Waals surface area contributed by atoms with Gasteiger partial charge in [-0.1, -0.05) is 41.5 Å². The van der Waals surface area contributed by atoms with Crippen LogP contribution in [0.25, 0.3) is 0 Å². The van der Waals surface area contributed by atoms with Gasteiger partial charge in [0, 0.05) is 20.9 Å². The smallest absolute Gasteiger partial charge is 0.0619 e. The summed E-state index contributed by atoms with van der Waals surface area (Å²) in [6.45, 7) is 14.5. The van der Waals surface area contributed by atoms with Crippen LogP contribution in [0.4, 0.5) is 0 Å². The Hall–Kier alpha value is 0.860. The predicted octanol–water partition coefficient (Wildman–Crippen LogP) is 7.87. The van der Waals surface area contributed by atoms with Crippen LogP contribution in [0.3, 0.4) is 0 Å². The molecule has 0 aromatic rings. The van der Waals surface area contributed by atoms with Crippen molar-refractivity contribution in [3.8, 4) is 0 Å². The minimum atomic E-state index is -0.621. The van der Waals surface area contributed by atoms with Crippen molar-refractivity contribution in [1.82, 2.24) is 0 Å². The van der Waals surface area contributed by atoms with Gasteiger partial charge in [-0.3, -0.25) is 0 Å². The third-order valence-electron chi connectivity index (χ3n) is 5.45. The number of hydrogen-bond acceptors (Lipinski definition) is 0. The van der Waals surface area contributed by atoms with Crippen molar-refractivity contribution in [2.75, 3.05) is 49.3 Å². The molecule has 0 atom stereocenters. The Morgan fingerprint density at radius 1 is 0.348 bits per heavy atom. The third kappa shape index (κ3) is 9.21. The Morgan fingerprint density at radius 2 is 0.565 bits per heavy atom. The second kappa shape index (κ2) is 14.1. The zero-order valence-electron chi connectivity index (χ0n) is 17.5. The molecule has 0 radical (unpaired) electrons. The maximum atomic E-state index is 2.42. The highest BCUT2D eigenvalue weighted by Gasteiger charge is 2.38. The van der Waals surface area contributed by atoms with Crippen molar-refractivity contribution in [2.45, 2.75) is 86.5 Å². The fourth-order valence-electron chi connectivity index (χ4n) is 4.93. The Balaban J connectivity index is 4.82. The summed E-state index contributed by atoms with van der Waals surface area (Å²) in [6.07, 6.45) is 22.8. The zero-order valence-corrected chi connectivity index (χ0v) is 19.3. The minimum absolute atomic E-state index is 0.621. The van der Waals surface area contributed by atoms with Gasteiger partial charge >= 0.3 is 0 Å². The molecule has 0 aromatic carbocycles. The fraction of sp³-hybridized carbons (Fsp3) is 1.00. The van der Waals surface area contributed by atoms with E-state index in [9.17, 15) is 0 Å². The molecule has 0 aromatic heterocycles. The molecule has 0 unspecified atom stereocenters. The maximum absolute atomic E-state index is 2.42. The summed E-state index contributed by atoms with van der Waals surface area (Å²) in [6, 6.07) is 0. The van der Waals surface area contributed by atoms with Crippen molar-refractivity contribution in [2.24, 2.45) is 0 Å². The maximum Gasteiger partial charge on any atom is 0.0628 e. The van der Waals surface area contributed by atoms with Crippen LogP contribution >= 0.6 is 14.5 Å². The second-order valence-corrected chi connectivity index (χ2v) is 16.8. The van der Waals surface area contributed by atoms with Crippen LogP contribution in [0.15, 0.2) is 0 Å². The Labute approximate surface area is 150 Å². The van der Waals surface area contributed by atoms with Gasteiger partial charge in [-0.05, 0) is 38.5 Å². The van der Waals surface area contributed by atoms with E-state index in [1.165, 1.54) is 38.5 Å². The lowest BCUT2D eigenvalue weighted by atomic mass is 10.5. The lowest BCUT2D eigenvalue weighted by Crippen LogP contribution is -2.16. The third-order valence-corrected chi connectivity index (χ3v) is 16.4. The summed E-state index contributed by atoms with van der Waals surface area (Å²) in [4.78, 5) is 0. The van der Waals surface area contributed by atoms with Gasteiger partial charge in [0.1, 0.15) is 0 Å². The van der Waals surface area contributed by atoms with Crippen molar-refractivity contribution in [3.05, 3.63) is 0 Å². The predicted molar refractivity (Wildman–Crippen MR) is 119 cm³/mol. The van der Waals surface area contributed by atoms with Crippen LogP contribution in [-0.4, -0.2) is 49.3 Å². The van der Waals surface area contributed by atoms with E-state index in [-0.39, 0.29) is 0 Å². The van der Waals surface area contributed by atoms with E-state index < -0.39 is 14.5 Å². The van der Waals surface area contributed by atoms with Gasteiger partial charge in [0.25, 0.3) is 0 Å². The molecular formula is C21H48P2+2. The first-order chi connectivity index (χ1) is 11.1. The van der Waals surface area contributed by atoms with Crippen molar-refractivity contribution < 1.29 is 0 Å². The van der Waals surface area contributed by atoms with E-state index in [0.717, 1.165) is 0 Å². The first-order valence-corrected chi connectivity index (χ1v) is 15.8. The summed E-state index contributed by atoms with van der Waals surface area (Å²) < 4.78 is 0. The zero-order chi connectivity index (χ0) is 17.6. The number of rotatable bonds is 16. The average Bonchev–Trinajstić information content (AvgIpc) is 2.49. The Morgan fingerprint density at radius 3 is 0.739 bits per heavy atom. The molecule has 0 rings (SSSR count). The molecule has 0 nitrogen and oxygen atoms in total. The molecule has 0 amide bonds. The van der Waals surface area contributed by atoms with E-state index in [1.54, 1.807) is 55.7 Å². The van der Waals surface area contributed by atoms with Crippen LogP contribution in [0, 0.1) is 0 Å². The van der Waals surface area contributed by atoms with E-state index in [0.29, 0.717) is 0 Å². The van der Waals surface area contributed by atoms with Gasteiger partial charge in [0.2, 0.25) is 0 Å². The summed E-state index contributed by atoms with van der Waals surface area (Å²) >= 11 is 0. The molecule has 140 valence electrons. The van der Waals surface area contributed by atoms with Gasteiger partial charge in [0.15, 0.2) is 0 Å². The van der Waals surface area contributed by atoms with Gasteiger partial charge in [-0.25, -0.2) is 0 Å². The first-order valence-electron chi connectivity index (χ1n) is 10.8. The Kier molecular flexibility index (Phi) is 14.6. The quantitative estimate of drug-likeness (QED) is 0.245. The van der Waals surface area contributed by atoms with Gasteiger partial charge < -0.3 is 0 Å². The van der Waals surface area contributed by atoms with E-state index in [2.05, 4.69) is 41.5 Å². The van der Waals surface area contributed by atoms with E-state index in [4.69, 9.17) is 0 Å². The monoisotopic (exact) mass is 362 g/mol. The molecule has 0 bridgehead atoms. The SMILES string of the molecule is CCC[P+](CCC)(CCC)CCC[P+](CCC)(CCC)CCC. The molecule has 0 spiro atoms. The van der Waals surface area contributed by atoms with Crippen molar-refractivity contribution >= 4 is 14.5 Å². The highest BCUT2D eigenvalue weighted by atomic mass is 31.2. The lowest BCUT2D eigenvalue weighted by molar-refractivity contribution is 0.941. The molecular weight excluding hydrogens is 314 g/mol. The van der Waals surface area contributed by atoms with Crippen LogP contribution in [0.1, 0.15) is 86.5 Å². The lowest BCUT2D eigenvalue weighted by Gasteiger charge is -2.30. The van der Waals surface area contributed by atoms with Gasteiger partial charge in [-0.2, -0.15) is 0 Å². The molecule has 0 N–H and O–H groups in total. The summed E-state index contributed by atoms with van der Waals surface area (Å²) in [7, 11) is -1.24. The van der Waals surface area contributed by atoms with E-state index >= 15 is 0 Å². The van der Waals surface area contributed by atoms with Gasteiger partial charge in [-0.15, -0.1) is 0 Å². The molecule has 0 saturated carbocycles. The summed E-state index contributed by atoms with van der Waals surface area (Å²) in [5.41, 5.74) is 0. The van der Waals surface area contributed by atoms with Crippen LogP contribution in [-0.2, 0) is 0 Å². The molecule has 0 saturated heterocycles. The topological polar surface area (TPSA) is 0 Å². The first kappa shape index (κ1) is 23.9. The molecule has 0 aliphatic carbocycles. The average molecular weight is 363 g/mol. The fourth-order valence-corrected chi connectivity index (χ4v) is 15.2. The van der Waals surface area contributed by atoms with Crippen LogP contribution in [0.2, 0.25) is 0 Å². The molecule has 0 fully saturated rings. The molecule has 0 heterocycles. The molecule has 2 heteroatoms. The molecule has 0 aliphatic heterocycles. The van der Waals surface area contributed by atoms with E-state index in [1.807, 2.05) is 0 Å². The molecule has 0 aliphatic rings. The summed E-state index contributed by atoms with van der Waals surface area (Å²) in [5.74, 6) is 0. The van der Waals surface area contributed by atoms with Crippen molar-refractivity contribution in [1.29, 1.82) is 0 Å². The normalized spacial score (nSPS) is 12.8. The standard InChI is InChI=1S/C21H48P2/c1-7-14-22(15-8-2,16-9-3)20-13-21-23(17-10-4,18-11-5)19-12-6/h7-21H2,1-6H3/q+2. The minimum Gasteiger partial charge on any atom is -0.0619 e. The highest BCUT2D eigenvalue weighted by molar-refractivity contribution is 7.76. The van der Waals surface area contributed by atoms with Gasteiger partial charge in [0.05, 0.1) is 49.3 Å². The Bertz CT molecular complexity index is 203. The highest BCUT2D eigenvalue weighted by Crippen LogP contribution is 2.64. The largest absolute Gasteiger partial charge is 0.0628 e. The molecule has 23 heavy (non-hydrogen) atoms. The van der Waals surface area contributed by atoms with Crippen molar-refractivity contribution in [3.63, 3.8) is 0 Å². The number of hydrogen-bond donors (Lipinski definition) is 0. The summed E-state index contributed by atoms with van der Waals surface area (Å²) in [5, 5.41) is 0. The van der Waals surface area contributed by atoms with Crippen LogP contribution in [0.5, 0.6) is 0 Å².